The first-order chi connectivity index (χ1) is 11.6. The fourth-order valence-electron chi connectivity index (χ4n) is 3.00. The van der Waals surface area contributed by atoms with E-state index < -0.39 is 0 Å². The smallest absolute Gasteiger partial charge is 0.292 e. The van der Waals surface area contributed by atoms with E-state index in [0.29, 0.717) is 37.4 Å². The van der Waals surface area contributed by atoms with E-state index in [4.69, 9.17) is 0 Å². The largest absolute Gasteiger partial charge is 0.362 e. The van der Waals surface area contributed by atoms with Crippen molar-refractivity contribution in [3.8, 4) is 0 Å². The Labute approximate surface area is 140 Å². The molecule has 0 aromatic heterocycles. The van der Waals surface area contributed by atoms with Gasteiger partial charge in [-0.25, -0.2) is 0 Å². The van der Waals surface area contributed by atoms with Crippen molar-refractivity contribution in [3.63, 3.8) is 0 Å². The number of hydrogen-bond acceptors (Lipinski definition) is 4. The van der Waals surface area contributed by atoms with Crippen LogP contribution in [0.15, 0.2) is 48.5 Å². The van der Waals surface area contributed by atoms with Crippen LogP contribution in [0, 0.1) is 17.0 Å². The van der Waals surface area contributed by atoms with Crippen LogP contribution in [0.25, 0.3) is 0 Å². The monoisotopic (exact) mass is 325 g/mol. The van der Waals surface area contributed by atoms with Gasteiger partial charge in [-0.2, -0.15) is 0 Å². The summed E-state index contributed by atoms with van der Waals surface area (Å²) in [6, 6.07) is 14.3. The SMILES string of the molecule is Cc1cccc(C(=O)N2CCN(c3ccccc3[N+](=O)[O-])CC2)c1. The molecule has 2 aromatic carbocycles. The molecule has 1 heterocycles. The molecule has 6 nitrogen and oxygen atoms in total. The van der Waals surface area contributed by atoms with Crippen LogP contribution in [0.5, 0.6) is 0 Å². The van der Waals surface area contributed by atoms with Crippen LogP contribution in [-0.4, -0.2) is 41.9 Å². The molecule has 0 aliphatic carbocycles. The number of amides is 1. The van der Waals surface area contributed by atoms with Crippen molar-refractivity contribution >= 4 is 17.3 Å². The van der Waals surface area contributed by atoms with Crippen LogP contribution in [0.1, 0.15) is 15.9 Å². The molecule has 1 aliphatic heterocycles. The topological polar surface area (TPSA) is 66.7 Å². The number of carbonyl (C=O) groups excluding carboxylic acids is 1. The first-order valence-electron chi connectivity index (χ1n) is 7.90. The number of benzene rings is 2. The summed E-state index contributed by atoms with van der Waals surface area (Å²) in [6.07, 6.45) is 0. The molecule has 2 aromatic rings. The molecule has 0 spiro atoms. The lowest BCUT2D eigenvalue weighted by Gasteiger charge is -2.35. The highest BCUT2D eigenvalue weighted by Crippen LogP contribution is 2.28. The number of carbonyl (C=O) groups is 1. The van der Waals surface area contributed by atoms with Crippen molar-refractivity contribution in [2.75, 3.05) is 31.1 Å². The summed E-state index contributed by atoms with van der Waals surface area (Å²) in [6.45, 7) is 4.24. The van der Waals surface area contributed by atoms with Gasteiger partial charge in [-0.05, 0) is 25.1 Å². The lowest BCUT2D eigenvalue weighted by Crippen LogP contribution is -2.49. The number of nitro benzene ring substituents is 1. The van der Waals surface area contributed by atoms with Gasteiger partial charge in [0.1, 0.15) is 5.69 Å². The van der Waals surface area contributed by atoms with E-state index in [2.05, 4.69) is 0 Å². The maximum atomic E-state index is 12.6. The second-order valence-electron chi connectivity index (χ2n) is 5.89. The average molecular weight is 325 g/mol. The summed E-state index contributed by atoms with van der Waals surface area (Å²) in [5.41, 5.74) is 2.47. The third kappa shape index (κ3) is 3.22. The zero-order valence-corrected chi connectivity index (χ0v) is 13.5. The number of anilines is 1. The van der Waals surface area contributed by atoms with Crippen molar-refractivity contribution in [2.45, 2.75) is 6.92 Å². The van der Waals surface area contributed by atoms with Crippen molar-refractivity contribution < 1.29 is 9.72 Å². The maximum absolute atomic E-state index is 12.6. The summed E-state index contributed by atoms with van der Waals surface area (Å²) in [7, 11) is 0. The van der Waals surface area contributed by atoms with E-state index >= 15 is 0 Å². The first-order valence-corrected chi connectivity index (χ1v) is 7.90. The van der Waals surface area contributed by atoms with Crippen LogP contribution in [-0.2, 0) is 0 Å². The van der Waals surface area contributed by atoms with E-state index in [1.54, 1.807) is 23.1 Å². The third-order valence-electron chi connectivity index (χ3n) is 4.25. The number of nitrogens with zero attached hydrogens (tertiary/aromatic N) is 3. The summed E-state index contributed by atoms with van der Waals surface area (Å²) in [4.78, 5) is 27.2. The standard InChI is InChI=1S/C18H19N3O3/c1-14-5-4-6-15(13-14)18(22)20-11-9-19(10-12-20)16-7-2-3-8-17(16)21(23)24/h2-8,13H,9-12H2,1H3. The summed E-state index contributed by atoms with van der Waals surface area (Å²) >= 11 is 0. The Bertz CT molecular complexity index is 768. The zero-order valence-electron chi connectivity index (χ0n) is 13.5. The van der Waals surface area contributed by atoms with Crippen molar-refractivity contribution in [3.05, 3.63) is 69.8 Å². The zero-order chi connectivity index (χ0) is 17.1. The van der Waals surface area contributed by atoms with Crippen molar-refractivity contribution in [1.82, 2.24) is 4.90 Å². The Hall–Kier alpha value is -2.89. The number of hydrogen-bond donors (Lipinski definition) is 0. The van der Waals surface area contributed by atoms with Crippen LogP contribution in [0.3, 0.4) is 0 Å². The Balaban J connectivity index is 1.70. The number of aryl methyl sites for hydroxylation is 1. The number of rotatable bonds is 3. The van der Waals surface area contributed by atoms with E-state index in [9.17, 15) is 14.9 Å². The minimum absolute atomic E-state index is 0.0147. The molecule has 0 atom stereocenters. The third-order valence-corrected chi connectivity index (χ3v) is 4.25. The molecule has 1 amide bonds. The Morgan fingerprint density at radius 2 is 1.75 bits per heavy atom. The Morgan fingerprint density at radius 1 is 1.04 bits per heavy atom. The van der Waals surface area contributed by atoms with Gasteiger partial charge in [0.25, 0.3) is 11.6 Å². The molecule has 0 bridgehead atoms. The molecule has 0 radical (unpaired) electrons. The van der Waals surface area contributed by atoms with Crippen LogP contribution in [0.2, 0.25) is 0 Å². The van der Waals surface area contributed by atoms with E-state index in [0.717, 1.165) is 5.56 Å². The van der Waals surface area contributed by atoms with Crippen LogP contribution < -0.4 is 4.90 Å². The first kappa shape index (κ1) is 16.0. The summed E-state index contributed by atoms with van der Waals surface area (Å²) in [5, 5.41) is 11.2. The summed E-state index contributed by atoms with van der Waals surface area (Å²) in [5.74, 6) is 0.0147. The van der Waals surface area contributed by atoms with Gasteiger partial charge in [-0.1, -0.05) is 29.8 Å². The molecule has 1 saturated heterocycles. The molecule has 0 N–H and O–H groups in total. The molecule has 6 heteroatoms. The minimum Gasteiger partial charge on any atom is -0.362 e. The fourth-order valence-corrected chi connectivity index (χ4v) is 3.00. The minimum atomic E-state index is -0.362. The molecule has 24 heavy (non-hydrogen) atoms. The van der Waals surface area contributed by atoms with Gasteiger partial charge in [0.05, 0.1) is 4.92 Å². The van der Waals surface area contributed by atoms with Gasteiger partial charge >= 0.3 is 0 Å². The van der Waals surface area contributed by atoms with Crippen LogP contribution in [0.4, 0.5) is 11.4 Å². The maximum Gasteiger partial charge on any atom is 0.292 e. The molecular weight excluding hydrogens is 306 g/mol. The highest BCUT2D eigenvalue weighted by Gasteiger charge is 2.25. The molecule has 1 aliphatic rings. The quantitative estimate of drug-likeness (QED) is 0.643. The van der Waals surface area contributed by atoms with Gasteiger partial charge in [-0.3, -0.25) is 14.9 Å². The Kier molecular flexibility index (Phi) is 4.46. The number of nitro groups is 1. The lowest BCUT2D eigenvalue weighted by atomic mass is 10.1. The van der Waals surface area contributed by atoms with Gasteiger partial charge in [-0.15, -0.1) is 0 Å². The highest BCUT2D eigenvalue weighted by molar-refractivity contribution is 5.94. The summed E-state index contributed by atoms with van der Waals surface area (Å²) < 4.78 is 0. The molecular formula is C18H19N3O3. The highest BCUT2D eigenvalue weighted by atomic mass is 16.6. The van der Waals surface area contributed by atoms with Crippen molar-refractivity contribution in [1.29, 1.82) is 0 Å². The second-order valence-corrected chi connectivity index (χ2v) is 5.89. The van der Waals surface area contributed by atoms with Gasteiger partial charge in [0.2, 0.25) is 0 Å². The molecule has 0 saturated carbocycles. The molecule has 124 valence electrons. The van der Waals surface area contributed by atoms with Crippen LogP contribution >= 0.6 is 0 Å². The predicted octanol–water partition coefficient (Wildman–Crippen LogP) is 2.87. The van der Waals surface area contributed by atoms with Gasteiger partial charge in [0, 0.05) is 37.8 Å². The second kappa shape index (κ2) is 6.70. The fraction of sp³-hybridized carbons (Fsp3) is 0.278. The Morgan fingerprint density at radius 3 is 2.42 bits per heavy atom. The predicted molar refractivity (Wildman–Crippen MR) is 92.4 cm³/mol. The number of piperazine rings is 1. The number of para-hydroxylation sites is 2. The lowest BCUT2D eigenvalue weighted by molar-refractivity contribution is -0.384. The normalized spacial score (nSPS) is 14.5. The molecule has 3 rings (SSSR count). The molecule has 1 fully saturated rings. The van der Waals surface area contributed by atoms with Crippen molar-refractivity contribution in [2.24, 2.45) is 0 Å². The molecule has 0 unspecified atom stereocenters. The average Bonchev–Trinajstić information content (AvgIpc) is 2.61. The van der Waals surface area contributed by atoms with Gasteiger partial charge < -0.3 is 9.80 Å². The van der Waals surface area contributed by atoms with E-state index in [1.807, 2.05) is 36.1 Å². The van der Waals surface area contributed by atoms with E-state index in [1.165, 1.54) is 6.07 Å². The van der Waals surface area contributed by atoms with E-state index in [-0.39, 0.29) is 16.5 Å². The van der Waals surface area contributed by atoms with Gasteiger partial charge in [0.15, 0.2) is 0 Å².